The van der Waals surface area contributed by atoms with Gasteiger partial charge in [0.25, 0.3) is 0 Å². The second-order valence-electron chi connectivity index (χ2n) is 3.48. The van der Waals surface area contributed by atoms with Gasteiger partial charge in [0.05, 0.1) is 12.5 Å². The largest absolute Gasteiger partial charge is 0.472 e. The molecule has 2 heterocycles. The fourth-order valence-electron chi connectivity index (χ4n) is 1.74. The highest BCUT2D eigenvalue weighted by molar-refractivity contribution is 5.49. The normalized spacial score (nSPS) is 22.3. The lowest BCUT2D eigenvalue weighted by Crippen LogP contribution is -2.51. The Bertz CT molecular complexity index is 284. The third-order valence-corrected chi connectivity index (χ3v) is 2.52. The van der Waals surface area contributed by atoms with Crippen LogP contribution in [0.5, 0.6) is 0 Å². The number of piperazine rings is 1. The molecular weight excluding hydrogens is 180 g/mol. The van der Waals surface area contributed by atoms with Gasteiger partial charge in [0, 0.05) is 25.7 Å². The van der Waals surface area contributed by atoms with Crippen LogP contribution in [0.2, 0.25) is 0 Å². The first kappa shape index (κ1) is 9.27. The fraction of sp³-hybridized carbons (Fsp3) is 0.500. The topological polar surface area (TPSA) is 45.5 Å². The quantitative estimate of drug-likeness (QED) is 0.744. The van der Waals surface area contributed by atoms with E-state index < -0.39 is 0 Å². The lowest BCUT2D eigenvalue weighted by atomic mass is 10.1. The maximum absolute atomic E-state index is 10.6. The minimum atomic E-state index is 0.207. The van der Waals surface area contributed by atoms with Crippen LogP contribution in [0.15, 0.2) is 23.0 Å². The number of carbonyl (C=O) groups excluding carboxylic acids is 1. The molecule has 1 aromatic heterocycles. The van der Waals surface area contributed by atoms with Gasteiger partial charge in [-0.2, -0.15) is 0 Å². The zero-order chi connectivity index (χ0) is 9.80. The molecule has 4 nitrogen and oxygen atoms in total. The zero-order valence-corrected chi connectivity index (χ0v) is 7.90. The van der Waals surface area contributed by atoms with Crippen molar-refractivity contribution in [1.29, 1.82) is 0 Å². The average Bonchev–Trinajstić information content (AvgIpc) is 2.71. The number of amides is 1. The Labute approximate surface area is 82.9 Å². The standard InChI is InChI=1S/C10H13N2O2/c13-8-12-3-2-11-6-10(12)5-9-1-4-14-7-9/h1,4,7,10-11H,2-3,5-6H2. The van der Waals surface area contributed by atoms with Crippen molar-refractivity contribution >= 4 is 6.41 Å². The highest BCUT2D eigenvalue weighted by Gasteiger charge is 2.21. The van der Waals surface area contributed by atoms with E-state index in [1.165, 1.54) is 0 Å². The highest BCUT2D eigenvalue weighted by atomic mass is 16.3. The van der Waals surface area contributed by atoms with E-state index in [1.807, 2.05) is 12.5 Å². The van der Waals surface area contributed by atoms with E-state index in [4.69, 9.17) is 4.42 Å². The van der Waals surface area contributed by atoms with Crippen LogP contribution in [0.1, 0.15) is 5.56 Å². The first-order valence-electron chi connectivity index (χ1n) is 4.76. The first-order chi connectivity index (χ1) is 6.90. The highest BCUT2D eigenvalue weighted by Crippen LogP contribution is 2.09. The van der Waals surface area contributed by atoms with Gasteiger partial charge >= 0.3 is 6.41 Å². The minimum Gasteiger partial charge on any atom is -0.472 e. The van der Waals surface area contributed by atoms with E-state index in [0.717, 1.165) is 31.6 Å². The number of nitrogens with one attached hydrogen (secondary N) is 1. The lowest BCUT2D eigenvalue weighted by molar-refractivity contribution is 0.244. The second-order valence-corrected chi connectivity index (χ2v) is 3.48. The molecule has 0 aromatic carbocycles. The van der Waals surface area contributed by atoms with Crippen LogP contribution in [0.4, 0.5) is 0 Å². The summed E-state index contributed by atoms with van der Waals surface area (Å²) >= 11 is 0. The molecule has 1 fully saturated rings. The van der Waals surface area contributed by atoms with Crippen molar-refractivity contribution < 1.29 is 9.21 Å². The van der Waals surface area contributed by atoms with E-state index in [9.17, 15) is 4.79 Å². The van der Waals surface area contributed by atoms with Gasteiger partial charge in [-0.1, -0.05) is 0 Å². The Morgan fingerprint density at radius 1 is 1.71 bits per heavy atom. The van der Waals surface area contributed by atoms with E-state index in [0.29, 0.717) is 0 Å². The van der Waals surface area contributed by atoms with Crippen molar-refractivity contribution in [3.05, 3.63) is 24.2 Å². The van der Waals surface area contributed by atoms with E-state index in [-0.39, 0.29) is 6.04 Å². The zero-order valence-electron chi connectivity index (χ0n) is 7.90. The summed E-state index contributed by atoms with van der Waals surface area (Å²) in [5, 5.41) is 3.26. The summed E-state index contributed by atoms with van der Waals surface area (Å²) in [5.74, 6) is 0. The van der Waals surface area contributed by atoms with Crippen LogP contribution in [-0.4, -0.2) is 37.0 Å². The molecule has 4 heteroatoms. The van der Waals surface area contributed by atoms with Gasteiger partial charge < -0.3 is 14.6 Å². The van der Waals surface area contributed by atoms with Gasteiger partial charge in [-0.3, -0.25) is 4.79 Å². The summed E-state index contributed by atoms with van der Waals surface area (Å²) in [7, 11) is 0. The van der Waals surface area contributed by atoms with Crippen LogP contribution in [0.25, 0.3) is 0 Å². The second kappa shape index (κ2) is 4.28. The predicted octanol–water partition coefficient (Wildman–Crippen LogP) is 0.163. The number of furan rings is 1. The Kier molecular flexibility index (Phi) is 2.84. The third kappa shape index (κ3) is 1.96. The van der Waals surface area contributed by atoms with Gasteiger partial charge in [0.2, 0.25) is 0 Å². The summed E-state index contributed by atoms with van der Waals surface area (Å²) in [5.41, 5.74) is 1.12. The van der Waals surface area contributed by atoms with Gasteiger partial charge in [-0.15, -0.1) is 0 Å². The first-order valence-corrected chi connectivity index (χ1v) is 4.76. The molecule has 75 valence electrons. The summed E-state index contributed by atoms with van der Waals surface area (Å²) in [6.45, 7) is 2.43. The Hall–Kier alpha value is -1.29. The molecule has 1 aliphatic heterocycles. The molecule has 0 spiro atoms. The van der Waals surface area contributed by atoms with Gasteiger partial charge in [-0.25, -0.2) is 0 Å². The van der Waals surface area contributed by atoms with Crippen molar-refractivity contribution in [2.45, 2.75) is 12.5 Å². The summed E-state index contributed by atoms with van der Waals surface area (Å²) in [6, 6.07) is 2.14. The SMILES string of the molecule is O=[C]N1CCNCC1Cc1ccoc1. The maximum Gasteiger partial charge on any atom is 0.312 e. The summed E-state index contributed by atoms with van der Waals surface area (Å²) in [6.07, 6.45) is 6.18. The molecule has 1 saturated heterocycles. The number of hydrogen-bond donors (Lipinski definition) is 1. The fourth-order valence-corrected chi connectivity index (χ4v) is 1.74. The van der Waals surface area contributed by atoms with Crippen LogP contribution in [0, 0.1) is 0 Å². The van der Waals surface area contributed by atoms with Gasteiger partial charge in [-0.05, 0) is 18.1 Å². The van der Waals surface area contributed by atoms with Crippen LogP contribution in [-0.2, 0) is 11.2 Å². The molecule has 1 amide bonds. The average molecular weight is 193 g/mol. The molecule has 0 bridgehead atoms. The van der Waals surface area contributed by atoms with Crippen LogP contribution < -0.4 is 5.32 Å². The van der Waals surface area contributed by atoms with E-state index in [1.54, 1.807) is 17.4 Å². The van der Waals surface area contributed by atoms with Crippen molar-refractivity contribution in [2.75, 3.05) is 19.6 Å². The summed E-state index contributed by atoms with van der Waals surface area (Å²) in [4.78, 5) is 12.4. The Balaban J connectivity index is 1.98. The molecule has 1 aromatic rings. The van der Waals surface area contributed by atoms with Crippen LogP contribution >= 0.6 is 0 Å². The van der Waals surface area contributed by atoms with Crippen molar-refractivity contribution in [3.8, 4) is 0 Å². The number of hydrogen-bond acceptors (Lipinski definition) is 3. The van der Waals surface area contributed by atoms with Crippen LogP contribution in [0.3, 0.4) is 0 Å². The molecule has 1 N–H and O–H groups in total. The third-order valence-electron chi connectivity index (χ3n) is 2.52. The molecule has 1 unspecified atom stereocenters. The van der Waals surface area contributed by atoms with E-state index in [2.05, 4.69) is 5.32 Å². The maximum atomic E-state index is 10.6. The lowest BCUT2D eigenvalue weighted by Gasteiger charge is -2.32. The predicted molar refractivity (Wildman–Crippen MR) is 51.5 cm³/mol. The van der Waals surface area contributed by atoms with Crippen molar-refractivity contribution in [3.63, 3.8) is 0 Å². The Morgan fingerprint density at radius 2 is 2.64 bits per heavy atom. The number of nitrogens with zero attached hydrogens (tertiary/aromatic N) is 1. The van der Waals surface area contributed by atoms with E-state index >= 15 is 0 Å². The molecule has 0 saturated carbocycles. The van der Waals surface area contributed by atoms with Gasteiger partial charge in [0.1, 0.15) is 0 Å². The van der Waals surface area contributed by atoms with Crippen molar-refractivity contribution in [2.24, 2.45) is 0 Å². The Morgan fingerprint density at radius 3 is 3.36 bits per heavy atom. The van der Waals surface area contributed by atoms with Crippen molar-refractivity contribution in [1.82, 2.24) is 10.2 Å². The minimum absolute atomic E-state index is 0.207. The summed E-state index contributed by atoms with van der Waals surface area (Å²) < 4.78 is 4.99. The molecule has 14 heavy (non-hydrogen) atoms. The molecule has 0 aliphatic carbocycles. The molecule has 1 aliphatic rings. The number of rotatable bonds is 3. The monoisotopic (exact) mass is 193 g/mol. The van der Waals surface area contributed by atoms with Gasteiger partial charge in [0.15, 0.2) is 0 Å². The molecule has 1 atom stereocenters. The smallest absolute Gasteiger partial charge is 0.312 e. The molecule has 2 rings (SSSR count). The molecule has 1 radical (unpaired) electrons. The molecular formula is C10H13N2O2.